The van der Waals surface area contributed by atoms with Crippen molar-refractivity contribution in [3.05, 3.63) is 29.3 Å². The molecule has 4 nitrogen and oxygen atoms in total. The van der Waals surface area contributed by atoms with Gasteiger partial charge in [0, 0.05) is 6.54 Å². The lowest BCUT2D eigenvalue weighted by atomic mass is 9.51. The highest BCUT2D eigenvalue weighted by atomic mass is 79.9. The Balaban J connectivity index is 1.65. The zero-order chi connectivity index (χ0) is 30.6. The smallest absolute Gasteiger partial charge is 0.250 e. The minimum Gasteiger partial charge on any atom is -0.543 e. The number of aryl methyl sites for hydroxylation is 1. The van der Waals surface area contributed by atoms with Gasteiger partial charge in [0.05, 0.1) is 11.4 Å². The molecule has 1 aromatic carbocycles. The fourth-order valence-electron chi connectivity index (χ4n) is 7.78. The lowest BCUT2D eigenvalue weighted by molar-refractivity contribution is -0.118. The number of fused-ring (bicyclic) bond motifs is 5. The molecule has 0 saturated heterocycles. The van der Waals surface area contributed by atoms with Crippen LogP contribution in [0.4, 0.5) is 0 Å². The molecule has 0 bridgehead atoms. The summed E-state index contributed by atoms with van der Waals surface area (Å²) in [6.45, 7) is 26.8. The predicted molar refractivity (Wildman–Crippen MR) is 181 cm³/mol. The van der Waals surface area contributed by atoms with Gasteiger partial charge < -0.3 is 14.2 Å². The number of hydrogen-bond donors (Lipinski definition) is 1. The van der Waals surface area contributed by atoms with E-state index in [9.17, 15) is 4.79 Å². The maximum atomic E-state index is 12.1. The molecule has 1 amide bonds. The number of hydrogen-bond acceptors (Lipinski definition) is 3. The van der Waals surface area contributed by atoms with Gasteiger partial charge in [-0.1, -0.05) is 70.5 Å². The normalized spacial score (nSPS) is 30.3. The lowest BCUT2D eigenvalue weighted by Gasteiger charge is -2.55. The van der Waals surface area contributed by atoms with Gasteiger partial charge in [0.1, 0.15) is 5.75 Å². The topological polar surface area (TPSA) is 47.6 Å². The fourth-order valence-corrected chi connectivity index (χ4v) is 10.5. The molecule has 0 heterocycles. The number of halogens is 1. The minimum absolute atomic E-state index is 0.0814. The Bertz CT molecular complexity index is 1110. The molecule has 232 valence electrons. The van der Waals surface area contributed by atoms with E-state index in [4.69, 9.17) is 8.85 Å². The second kappa shape index (κ2) is 11.7. The molecule has 0 unspecified atom stereocenters. The Hall–Kier alpha value is -0.636. The van der Waals surface area contributed by atoms with E-state index in [1.165, 1.54) is 31.2 Å². The summed E-state index contributed by atoms with van der Waals surface area (Å²) >= 11 is 3.32. The van der Waals surface area contributed by atoms with Crippen LogP contribution in [0.25, 0.3) is 0 Å². The van der Waals surface area contributed by atoms with Gasteiger partial charge in [-0.25, -0.2) is 0 Å². The van der Waals surface area contributed by atoms with E-state index in [-0.39, 0.29) is 21.4 Å². The Morgan fingerprint density at radius 3 is 2.29 bits per heavy atom. The summed E-state index contributed by atoms with van der Waals surface area (Å²) < 4.78 is 14.0. The molecule has 4 rings (SSSR count). The third kappa shape index (κ3) is 6.58. The van der Waals surface area contributed by atoms with Crippen LogP contribution in [0.5, 0.6) is 5.75 Å². The minimum atomic E-state index is -1.89. The van der Waals surface area contributed by atoms with E-state index in [2.05, 4.69) is 114 Å². The Morgan fingerprint density at radius 1 is 1.02 bits per heavy atom. The molecule has 3 aliphatic carbocycles. The van der Waals surface area contributed by atoms with Gasteiger partial charge in [-0.3, -0.25) is 4.79 Å². The molecule has 7 heteroatoms. The van der Waals surface area contributed by atoms with Crippen molar-refractivity contribution >= 4 is 38.5 Å². The van der Waals surface area contributed by atoms with Crippen molar-refractivity contribution in [3.8, 4) is 5.75 Å². The van der Waals surface area contributed by atoms with Crippen molar-refractivity contribution in [2.24, 2.45) is 23.2 Å². The third-order valence-corrected chi connectivity index (χ3v) is 21.5. The average molecular weight is 665 g/mol. The van der Waals surface area contributed by atoms with Gasteiger partial charge in [0.25, 0.3) is 0 Å². The zero-order valence-electron chi connectivity index (χ0n) is 27.9. The highest BCUT2D eigenvalue weighted by Gasteiger charge is 2.59. The first kappa shape index (κ1) is 33.3. The number of rotatable bonds is 8. The van der Waals surface area contributed by atoms with Gasteiger partial charge in [-0.2, -0.15) is 0 Å². The van der Waals surface area contributed by atoms with Crippen LogP contribution >= 0.6 is 15.9 Å². The molecule has 0 aliphatic heterocycles. The van der Waals surface area contributed by atoms with E-state index in [1.54, 1.807) is 5.56 Å². The number of carbonyl (C=O) groups is 1. The van der Waals surface area contributed by atoms with Crippen molar-refractivity contribution in [1.82, 2.24) is 5.32 Å². The summed E-state index contributed by atoms with van der Waals surface area (Å²) in [5.74, 6) is 3.60. The molecule has 0 aromatic heterocycles. The maximum Gasteiger partial charge on any atom is 0.250 e. The summed E-state index contributed by atoms with van der Waals surface area (Å²) in [4.78, 5) is 12.1. The summed E-state index contributed by atoms with van der Waals surface area (Å²) in [7, 11) is -3.77. The standard InChI is InChI=1S/C34H58BrNO3Si2/c1-32(2,3)40(8,9)38-25-13-15-26-23(20-25)12-14-27-28-16-17-29(39-41(10,11)33(4,5)6)34(28,7)21-24(31(26)27)18-19-36-30(37)22-35/h13,15,20,24,27-29,31H,12,14,16-19,21-22H2,1-11H3,(H,36,37)/t24-,27-,28-,29-,31+,34-/m0/s1. The van der Waals surface area contributed by atoms with Crippen molar-refractivity contribution in [2.75, 3.05) is 11.9 Å². The molecule has 1 aromatic rings. The SMILES string of the molecule is CC(C)(C)[Si](C)(C)Oc1ccc2c(c1)CC[C@@H]1[C@@H]2[C@@H](CCNC(=O)CBr)C[C@]2(C)[C@@H](O[Si](C)(C)C(C)(C)C)CC[C@@H]12. The van der Waals surface area contributed by atoms with Crippen LogP contribution in [0.3, 0.4) is 0 Å². The Labute approximate surface area is 261 Å². The van der Waals surface area contributed by atoms with Gasteiger partial charge in [-0.15, -0.1) is 0 Å². The summed E-state index contributed by atoms with van der Waals surface area (Å²) in [6, 6.07) is 7.05. The molecule has 41 heavy (non-hydrogen) atoms. The first-order valence-electron chi connectivity index (χ1n) is 16.1. The van der Waals surface area contributed by atoms with Crippen molar-refractivity contribution in [3.63, 3.8) is 0 Å². The van der Waals surface area contributed by atoms with E-state index in [0.717, 1.165) is 25.1 Å². The number of benzene rings is 1. The second-order valence-corrected chi connectivity index (χ2v) is 26.8. The summed E-state index contributed by atoms with van der Waals surface area (Å²) in [5.41, 5.74) is 3.24. The first-order valence-corrected chi connectivity index (χ1v) is 23.1. The largest absolute Gasteiger partial charge is 0.543 e. The molecule has 1 N–H and O–H groups in total. The van der Waals surface area contributed by atoms with Gasteiger partial charge in [0.2, 0.25) is 14.2 Å². The van der Waals surface area contributed by atoms with Crippen molar-refractivity contribution < 1.29 is 13.6 Å². The van der Waals surface area contributed by atoms with E-state index in [1.807, 2.05) is 0 Å². The van der Waals surface area contributed by atoms with Gasteiger partial charge in [-0.05, 0) is 127 Å². The quantitative estimate of drug-likeness (QED) is 0.223. The van der Waals surface area contributed by atoms with Crippen LogP contribution in [-0.4, -0.2) is 40.5 Å². The van der Waals surface area contributed by atoms with Gasteiger partial charge in [0.15, 0.2) is 8.32 Å². The molecule has 2 saturated carbocycles. The highest BCUT2D eigenvalue weighted by Crippen LogP contribution is 2.64. The number of carbonyl (C=O) groups excluding carboxylic acids is 1. The van der Waals surface area contributed by atoms with Crippen LogP contribution in [-0.2, 0) is 15.6 Å². The first-order chi connectivity index (χ1) is 18.8. The summed E-state index contributed by atoms with van der Waals surface area (Å²) in [5, 5.41) is 3.92. The Morgan fingerprint density at radius 2 is 1.68 bits per heavy atom. The van der Waals surface area contributed by atoms with Crippen LogP contribution in [0.15, 0.2) is 18.2 Å². The Kier molecular flexibility index (Phi) is 9.49. The number of amides is 1. The van der Waals surface area contributed by atoms with Gasteiger partial charge >= 0.3 is 0 Å². The molecule has 6 atom stereocenters. The fraction of sp³-hybridized carbons (Fsp3) is 0.794. The van der Waals surface area contributed by atoms with E-state index in [0.29, 0.717) is 35.1 Å². The molecular formula is C34H58BrNO3Si2. The van der Waals surface area contributed by atoms with Crippen LogP contribution in [0.2, 0.25) is 36.3 Å². The molecule has 2 fully saturated rings. The van der Waals surface area contributed by atoms with Crippen LogP contribution in [0.1, 0.15) is 97.6 Å². The molecule has 0 spiro atoms. The lowest BCUT2D eigenvalue weighted by Crippen LogP contribution is -2.52. The van der Waals surface area contributed by atoms with E-state index >= 15 is 0 Å². The highest BCUT2D eigenvalue weighted by molar-refractivity contribution is 9.09. The van der Waals surface area contributed by atoms with Crippen LogP contribution < -0.4 is 9.74 Å². The maximum absolute atomic E-state index is 12.1. The molecule has 0 radical (unpaired) electrons. The third-order valence-electron chi connectivity index (χ3n) is 12.1. The average Bonchev–Trinajstić information content (AvgIpc) is 3.16. The number of alkyl halides is 1. The summed E-state index contributed by atoms with van der Waals surface area (Å²) in [6.07, 6.45) is 7.41. The van der Waals surface area contributed by atoms with Crippen LogP contribution in [0, 0.1) is 23.2 Å². The van der Waals surface area contributed by atoms with Crippen molar-refractivity contribution in [1.29, 1.82) is 0 Å². The molecular weight excluding hydrogens is 606 g/mol. The number of nitrogens with one attached hydrogen (secondary N) is 1. The van der Waals surface area contributed by atoms with E-state index < -0.39 is 16.6 Å². The zero-order valence-corrected chi connectivity index (χ0v) is 31.5. The predicted octanol–water partition coefficient (Wildman–Crippen LogP) is 9.44. The monoisotopic (exact) mass is 663 g/mol. The van der Waals surface area contributed by atoms with Crippen molar-refractivity contribution in [2.45, 2.75) is 135 Å². The molecule has 3 aliphatic rings. The second-order valence-electron chi connectivity index (χ2n) is 16.7.